The maximum absolute atomic E-state index is 13.6. The van der Waals surface area contributed by atoms with Gasteiger partial charge in [0.2, 0.25) is 11.1 Å². The Morgan fingerprint density at radius 3 is 2.57 bits per heavy atom. The number of aromatic hydroxyl groups is 1. The highest BCUT2D eigenvalue weighted by molar-refractivity contribution is 8.01. The molecular weight excluding hydrogens is 584 g/mol. The van der Waals surface area contributed by atoms with Crippen molar-refractivity contribution in [2.75, 3.05) is 31.1 Å². The third kappa shape index (κ3) is 5.60. The van der Waals surface area contributed by atoms with E-state index in [4.69, 9.17) is 0 Å². The second-order valence-corrected chi connectivity index (χ2v) is 12.2. The monoisotopic (exact) mass is 614 g/mol. The summed E-state index contributed by atoms with van der Waals surface area (Å²) in [5.41, 5.74) is 2.44. The van der Waals surface area contributed by atoms with Crippen LogP contribution in [0.25, 0.3) is 0 Å². The van der Waals surface area contributed by atoms with Gasteiger partial charge in [-0.15, -0.1) is 5.10 Å². The van der Waals surface area contributed by atoms with Gasteiger partial charge in [0.05, 0.1) is 5.92 Å². The first-order valence-electron chi connectivity index (χ1n) is 13.3. The molecule has 14 nitrogen and oxygen atoms in total. The first-order valence-corrected chi connectivity index (χ1v) is 15.3. The second kappa shape index (κ2) is 12.1. The van der Waals surface area contributed by atoms with E-state index in [1.54, 1.807) is 30.4 Å². The maximum atomic E-state index is 13.6. The number of benzene rings is 1. The van der Waals surface area contributed by atoms with Gasteiger partial charge in [-0.25, -0.2) is 9.48 Å². The van der Waals surface area contributed by atoms with Gasteiger partial charge < -0.3 is 20.6 Å². The first kappa shape index (κ1) is 29.6. The molecule has 1 saturated heterocycles. The number of ketones is 1. The molecular formula is C26H30N8O6S2. The summed E-state index contributed by atoms with van der Waals surface area (Å²) >= 11 is 3.08. The average molecular weight is 615 g/mol. The fourth-order valence-corrected chi connectivity index (χ4v) is 7.88. The molecule has 2 aliphatic heterocycles. The van der Waals surface area contributed by atoms with E-state index in [1.165, 1.54) is 40.9 Å². The number of fused-ring (bicyclic) bond motifs is 1. The third-order valence-corrected chi connectivity index (χ3v) is 10.2. The fourth-order valence-electron chi connectivity index (χ4n) is 5.15. The zero-order valence-electron chi connectivity index (χ0n) is 23.1. The number of likely N-dealkylation sites (N-methyl/N-ethyl adjacent to an activating group) is 1. The zero-order chi connectivity index (χ0) is 30.1. The van der Waals surface area contributed by atoms with E-state index in [1.807, 2.05) is 6.92 Å². The van der Waals surface area contributed by atoms with Gasteiger partial charge in [-0.2, -0.15) is 11.8 Å². The summed E-state index contributed by atoms with van der Waals surface area (Å²) in [6.07, 6.45) is 0. The Hall–Kier alpha value is -3.92. The van der Waals surface area contributed by atoms with Gasteiger partial charge in [-0.1, -0.05) is 35.0 Å². The van der Waals surface area contributed by atoms with E-state index < -0.39 is 35.8 Å². The van der Waals surface area contributed by atoms with Crippen LogP contribution in [0.2, 0.25) is 0 Å². The number of hydrogen-bond donors (Lipinski definition) is 3. The lowest BCUT2D eigenvalue weighted by molar-refractivity contribution is -0.153. The lowest BCUT2D eigenvalue weighted by Gasteiger charge is -2.47. The summed E-state index contributed by atoms with van der Waals surface area (Å²) < 4.78 is 1.58. The van der Waals surface area contributed by atoms with Crippen LogP contribution in [0.3, 0.4) is 0 Å². The van der Waals surface area contributed by atoms with Crippen molar-refractivity contribution in [3.63, 3.8) is 0 Å². The number of phenolic OH excluding ortho intramolecular Hbond substituents is 1. The fraction of sp³-hybridized carbons (Fsp3) is 0.462. The Balaban J connectivity index is 1.28. The molecule has 1 saturated carbocycles. The SMILES string of the molecule is CCN1CCN(C(=O)N[C@@H](C(=O)N[C@@H]2C(=O)C3C(C)=C(CSc4nnnn4C)CSC32)c2ccc(O)cc2)C(=O)C1=O. The molecule has 5 rings (SSSR count). The minimum absolute atomic E-state index is 0.0188. The van der Waals surface area contributed by atoms with Gasteiger partial charge in [0, 0.05) is 43.4 Å². The van der Waals surface area contributed by atoms with Crippen molar-refractivity contribution in [3.8, 4) is 5.75 Å². The van der Waals surface area contributed by atoms with Gasteiger partial charge in [-0.05, 0) is 42.0 Å². The number of tetrazole rings is 1. The number of carbonyl (C=O) groups excluding carboxylic acids is 5. The molecule has 0 bridgehead atoms. The van der Waals surface area contributed by atoms with Gasteiger partial charge in [0.1, 0.15) is 17.8 Å². The summed E-state index contributed by atoms with van der Waals surface area (Å²) in [6, 6.07) is 2.71. The number of hydrogen-bond acceptors (Lipinski definition) is 11. The number of phenols is 1. The molecule has 1 aromatic carbocycles. The molecule has 3 aliphatic rings. The number of nitrogens with one attached hydrogen (secondary N) is 2. The van der Waals surface area contributed by atoms with Gasteiger partial charge >= 0.3 is 17.8 Å². The zero-order valence-corrected chi connectivity index (χ0v) is 24.8. The number of carbonyl (C=O) groups is 5. The molecule has 2 aromatic rings. The Morgan fingerprint density at radius 1 is 1.17 bits per heavy atom. The van der Waals surface area contributed by atoms with Crippen LogP contribution in [0.5, 0.6) is 5.75 Å². The predicted molar refractivity (Wildman–Crippen MR) is 152 cm³/mol. The number of Topliss-reactive ketones (excluding diaryl/α,β-unsaturated/α-hetero) is 1. The highest BCUT2D eigenvalue weighted by Gasteiger charge is 2.54. The average Bonchev–Trinajstić information content (AvgIpc) is 3.39. The summed E-state index contributed by atoms with van der Waals surface area (Å²) in [5, 5.41) is 27.0. The molecule has 42 heavy (non-hydrogen) atoms. The summed E-state index contributed by atoms with van der Waals surface area (Å²) in [7, 11) is 1.76. The molecule has 3 N–H and O–H groups in total. The summed E-state index contributed by atoms with van der Waals surface area (Å²) in [4.78, 5) is 66.9. The van der Waals surface area contributed by atoms with Crippen molar-refractivity contribution in [1.82, 2.24) is 40.6 Å². The van der Waals surface area contributed by atoms with Crippen LogP contribution < -0.4 is 10.6 Å². The van der Waals surface area contributed by atoms with E-state index in [-0.39, 0.29) is 35.8 Å². The minimum atomic E-state index is -1.28. The van der Waals surface area contributed by atoms with Crippen molar-refractivity contribution in [1.29, 1.82) is 0 Å². The minimum Gasteiger partial charge on any atom is -0.508 e. The molecule has 3 heterocycles. The number of nitrogens with zero attached hydrogens (tertiary/aromatic N) is 6. The molecule has 0 radical (unpaired) electrons. The van der Waals surface area contributed by atoms with Crippen molar-refractivity contribution >= 4 is 53.1 Å². The molecule has 222 valence electrons. The molecule has 1 aromatic heterocycles. The van der Waals surface area contributed by atoms with E-state index in [0.29, 0.717) is 28.8 Å². The largest absolute Gasteiger partial charge is 0.508 e. The quantitative estimate of drug-likeness (QED) is 0.211. The van der Waals surface area contributed by atoms with Crippen LogP contribution in [-0.2, 0) is 26.2 Å². The van der Waals surface area contributed by atoms with Crippen molar-refractivity contribution in [2.24, 2.45) is 13.0 Å². The molecule has 2 fully saturated rings. The number of aryl methyl sites for hydroxylation is 1. The van der Waals surface area contributed by atoms with E-state index in [0.717, 1.165) is 16.0 Å². The van der Waals surface area contributed by atoms with Crippen molar-refractivity contribution in [2.45, 2.75) is 36.3 Å². The highest BCUT2D eigenvalue weighted by Crippen LogP contribution is 2.46. The number of thioether (sulfide) groups is 2. The van der Waals surface area contributed by atoms with E-state index in [9.17, 15) is 29.1 Å². The standard InChI is InChI=1S/C26H30N8O6S2/c1-4-33-9-10-34(24(39)23(33)38)25(40)28-18(14-5-7-16(35)8-6-14)22(37)27-19-20(36)17-13(2)15(11-41-21(17)19)12-42-26-29-30-31-32(26)3/h5-8,17-19,21,35H,4,9-12H2,1-3H3,(H,27,37)(H,28,40)/t17?,18-,19-,21?/m1/s1. The number of rotatable bonds is 8. The second-order valence-electron chi connectivity index (χ2n) is 10.1. The molecule has 1 aliphatic carbocycles. The summed E-state index contributed by atoms with van der Waals surface area (Å²) in [5.74, 6) is -1.58. The smallest absolute Gasteiger partial charge is 0.325 e. The molecule has 0 spiro atoms. The van der Waals surface area contributed by atoms with Crippen molar-refractivity contribution in [3.05, 3.63) is 41.0 Å². The van der Waals surface area contributed by atoms with E-state index >= 15 is 0 Å². The van der Waals surface area contributed by atoms with Crippen LogP contribution in [0.15, 0.2) is 40.6 Å². The Kier molecular flexibility index (Phi) is 8.54. The Morgan fingerprint density at radius 2 is 1.90 bits per heavy atom. The Labute approximate surface area is 249 Å². The summed E-state index contributed by atoms with van der Waals surface area (Å²) in [6.45, 7) is 4.17. The van der Waals surface area contributed by atoms with Gasteiger partial charge in [-0.3, -0.25) is 24.1 Å². The van der Waals surface area contributed by atoms with E-state index in [2.05, 4.69) is 26.2 Å². The molecule has 2 unspecified atom stereocenters. The predicted octanol–water partition coefficient (Wildman–Crippen LogP) is 0.265. The van der Waals surface area contributed by atoms with Gasteiger partial charge in [0.25, 0.3) is 0 Å². The number of aromatic nitrogens is 4. The van der Waals surface area contributed by atoms with Crippen LogP contribution in [0.4, 0.5) is 4.79 Å². The number of piperazine rings is 1. The van der Waals surface area contributed by atoms with Gasteiger partial charge in [0.15, 0.2) is 5.78 Å². The Bertz CT molecular complexity index is 1460. The molecule has 5 amide bonds. The molecule has 4 atom stereocenters. The number of imide groups is 1. The number of allylic oxidation sites excluding steroid dienone is 1. The highest BCUT2D eigenvalue weighted by atomic mass is 32.2. The van der Waals surface area contributed by atoms with Crippen molar-refractivity contribution < 1.29 is 29.1 Å². The van der Waals surface area contributed by atoms with Crippen LogP contribution in [0, 0.1) is 5.92 Å². The lowest BCUT2D eigenvalue weighted by Crippen LogP contribution is -2.65. The molecule has 16 heteroatoms. The maximum Gasteiger partial charge on any atom is 0.325 e. The van der Waals surface area contributed by atoms with Crippen LogP contribution in [0.1, 0.15) is 25.5 Å². The lowest BCUT2D eigenvalue weighted by atomic mass is 9.72. The van der Waals surface area contributed by atoms with Crippen LogP contribution >= 0.6 is 23.5 Å². The topological polar surface area (TPSA) is 180 Å². The third-order valence-electron chi connectivity index (χ3n) is 7.69. The number of amides is 5. The van der Waals surface area contributed by atoms with Crippen LogP contribution in [-0.4, -0.2) is 107 Å². The first-order chi connectivity index (χ1) is 20.1. The number of urea groups is 1. The normalized spacial score (nSPS) is 22.9.